The molecule has 0 saturated heterocycles. The molecule has 0 atom stereocenters. The maximum absolute atomic E-state index is 6.38. The van der Waals surface area contributed by atoms with E-state index in [1.54, 1.807) is 4.80 Å². The van der Waals surface area contributed by atoms with E-state index in [2.05, 4.69) is 74.4 Å². The predicted molar refractivity (Wildman–Crippen MR) is 102 cm³/mol. The Hall–Kier alpha value is -1.18. The quantitative estimate of drug-likeness (QED) is 0.542. The van der Waals surface area contributed by atoms with Gasteiger partial charge in [0.2, 0.25) is 0 Å². The molecule has 5 nitrogen and oxygen atoms in total. The minimum absolute atomic E-state index is 0.234. The molecule has 1 aromatic heterocycles. The second-order valence-corrected chi connectivity index (χ2v) is 13.4. The predicted octanol–water partition coefficient (Wildman–Crippen LogP) is 4.30. The van der Waals surface area contributed by atoms with Crippen LogP contribution in [0.15, 0.2) is 29.4 Å². The van der Waals surface area contributed by atoms with Gasteiger partial charge in [-0.15, -0.1) is 22.0 Å². The highest BCUT2D eigenvalue weighted by Crippen LogP contribution is 2.37. The van der Waals surface area contributed by atoms with Crippen LogP contribution in [0.1, 0.15) is 31.9 Å². The Kier molecular flexibility index (Phi) is 6.22. The third kappa shape index (κ3) is 4.91. The third-order valence-electron chi connectivity index (χ3n) is 4.73. The van der Waals surface area contributed by atoms with E-state index in [9.17, 15) is 0 Å². The Morgan fingerprint density at radius 2 is 2.00 bits per heavy atom. The molecule has 0 unspecified atom stereocenters. The Morgan fingerprint density at radius 3 is 2.62 bits per heavy atom. The average molecular weight is 365 g/mol. The molecular weight excluding hydrogens is 336 g/mol. The summed E-state index contributed by atoms with van der Waals surface area (Å²) >= 11 is 1.83. The van der Waals surface area contributed by atoms with E-state index in [4.69, 9.17) is 4.43 Å². The number of hydrogen-bond acceptors (Lipinski definition) is 5. The van der Waals surface area contributed by atoms with Gasteiger partial charge in [0.1, 0.15) is 0 Å². The lowest BCUT2D eigenvalue weighted by Gasteiger charge is -2.36. The first kappa shape index (κ1) is 19.1. The molecule has 0 bridgehead atoms. The van der Waals surface area contributed by atoms with E-state index in [1.807, 2.05) is 11.8 Å². The van der Waals surface area contributed by atoms with Crippen LogP contribution in [0.25, 0.3) is 0 Å². The van der Waals surface area contributed by atoms with E-state index in [0.717, 1.165) is 12.3 Å². The second-order valence-electron chi connectivity index (χ2n) is 7.47. The molecule has 0 saturated carbocycles. The van der Waals surface area contributed by atoms with Gasteiger partial charge in [0, 0.05) is 10.6 Å². The van der Waals surface area contributed by atoms with E-state index in [-0.39, 0.29) is 5.04 Å². The summed E-state index contributed by atoms with van der Waals surface area (Å²) in [6, 6.07) is 6.46. The minimum Gasteiger partial charge on any atom is -0.413 e. The van der Waals surface area contributed by atoms with E-state index < -0.39 is 8.32 Å². The van der Waals surface area contributed by atoms with Crippen molar-refractivity contribution in [3.63, 3.8) is 0 Å². The van der Waals surface area contributed by atoms with Gasteiger partial charge in [-0.25, -0.2) is 0 Å². The van der Waals surface area contributed by atoms with Gasteiger partial charge in [-0.2, -0.15) is 4.80 Å². The molecule has 0 radical (unpaired) electrons. The number of aryl methyl sites for hydroxylation is 1. The van der Waals surface area contributed by atoms with Crippen molar-refractivity contribution >= 4 is 20.1 Å². The molecule has 0 aliphatic rings. The molecule has 1 heterocycles. The number of hydrogen-bond donors (Lipinski definition) is 0. The van der Waals surface area contributed by atoms with Crippen LogP contribution in [0.4, 0.5) is 0 Å². The van der Waals surface area contributed by atoms with Crippen LogP contribution in [-0.4, -0.2) is 34.3 Å². The molecule has 132 valence electrons. The van der Waals surface area contributed by atoms with E-state index >= 15 is 0 Å². The van der Waals surface area contributed by atoms with Gasteiger partial charge in [0.25, 0.3) is 0 Å². The maximum atomic E-state index is 6.38. The zero-order valence-corrected chi connectivity index (χ0v) is 17.4. The Bertz CT molecular complexity index is 653. The van der Waals surface area contributed by atoms with Crippen LogP contribution in [0.3, 0.4) is 0 Å². The summed E-state index contributed by atoms with van der Waals surface area (Å²) < 4.78 is 6.38. The normalized spacial score (nSPS) is 12.6. The van der Waals surface area contributed by atoms with Crippen molar-refractivity contribution in [3.05, 3.63) is 35.7 Å². The molecule has 1 aromatic carbocycles. The van der Waals surface area contributed by atoms with Crippen molar-refractivity contribution in [2.45, 2.75) is 63.9 Å². The third-order valence-corrected chi connectivity index (χ3v) is 10.3. The molecular formula is C17H28N4OSSi. The first-order valence-corrected chi connectivity index (χ1v) is 12.2. The summed E-state index contributed by atoms with van der Waals surface area (Å²) in [5.41, 5.74) is 2.59. The summed E-state index contributed by atoms with van der Waals surface area (Å²) in [5, 5.41) is 11.9. The lowest BCUT2D eigenvalue weighted by molar-refractivity contribution is 0.275. The molecule has 2 aromatic rings. The number of tetrazole rings is 1. The first-order valence-electron chi connectivity index (χ1n) is 8.27. The summed E-state index contributed by atoms with van der Waals surface area (Å²) in [4.78, 5) is 2.92. The smallest absolute Gasteiger partial charge is 0.192 e. The molecule has 24 heavy (non-hydrogen) atoms. The lowest BCUT2D eigenvalue weighted by atomic mass is 10.1. The van der Waals surface area contributed by atoms with Gasteiger partial charge in [0.15, 0.2) is 14.6 Å². The SMILES string of the molecule is Cc1c(CO[Si](C)(C)C(C)(C)C)cccc1SCCn1ncnn1. The maximum Gasteiger partial charge on any atom is 0.192 e. The highest BCUT2D eigenvalue weighted by molar-refractivity contribution is 7.99. The Balaban J connectivity index is 1.97. The van der Waals surface area contributed by atoms with Crippen molar-refractivity contribution in [1.82, 2.24) is 20.2 Å². The molecule has 0 spiro atoms. The van der Waals surface area contributed by atoms with E-state index in [0.29, 0.717) is 6.61 Å². The summed E-state index contributed by atoms with van der Waals surface area (Å²) in [6.45, 7) is 15.1. The van der Waals surface area contributed by atoms with Gasteiger partial charge in [-0.1, -0.05) is 32.9 Å². The van der Waals surface area contributed by atoms with E-state index in [1.165, 1.54) is 22.3 Å². The lowest BCUT2D eigenvalue weighted by Crippen LogP contribution is -2.40. The van der Waals surface area contributed by atoms with Gasteiger partial charge in [0.05, 0.1) is 13.2 Å². The van der Waals surface area contributed by atoms with Crippen LogP contribution in [0, 0.1) is 6.92 Å². The molecule has 7 heteroatoms. The zero-order valence-electron chi connectivity index (χ0n) is 15.5. The highest BCUT2D eigenvalue weighted by atomic mass is 32.2. The molecule has 2 rings (SSSR count). The summed E-state index contributed by atoms with van der Waals surface area (Å²) in [5.74, 6) is 0.920. The highest BCUT2D eigenvalue weighted by Gasteiger charge is 2.37. The minimum atomic E-state index is -1.72. The molecule has 0 N–H and O–H groups in total. The van der Waals surface area contributed by atoms with Crippen molar-refractivity contribution in [2.75, 3.05) is 5.75 Å². The first-order chi connectivity index (χ1) is 11.2. The van der Waals surface area contributed by atoms with Gasteiger partial charge < -0.3 is 4.43 Å². The van der Waals surface area contributed by atoms with Crippen LogP contribution in [0.5, 0.6) is 0 Å². The zero-order chi connectivity index (χ0) is 17.8. The van der Waals surface area contributed by atoms with Crippen molar-refractivity contribution in [2.24, 2.45) is 0 Å². The van der Waals surface area contributed by atoms with Crippen molar-refractivity contribution in [3.8, 4) is 0 Å². The van der Waals surface area contributed by atoms with Gasteiger partial charge in [-0.3, -0.25) is 0 Å². The van der Waals surface area contributed by atoms with Crippen molar-refractivity contribution in [1.29, 1.82) is 0 Å². The second kappa shape index (κ2) is 7.80. The molecule has 0 fully saturated rings. The fourth-order valence-corrected chi connectivity index (χ4v) is 3.92. The molecule has 0 amide bonds. The van der Waals surface area contributed by atoms with Crippen molar-refractivity contribution < 1.29 is 4.43 Å². The topological polar surface area (TPSA) is 52.8 Å². The largest absolute Gasteiger partial charge is 0.413 e. The Labute approximate surface area is 150 Å². The van der Waals surface area contributed by atoms with Crippen LogP contribution in [-0.2, 0) is 17.6 Å². The average Bonchev–Trinajstić information content (AvgIpc) is 3.00. The van der Waals surface area contributed by atoms with Crippen LogP contribution in [0.2, 0.25) is 18.1 Å². The van der Waals surface area contributed by atoms with Gasteiger partial charge >= 0.3 is 0 Å². The van der Waals surface area contributed by atoms with Crippen LogP contribution >= 0.6 is 11.8 Å². The molecule has 0 aliphatic heterocycles. The monoisotopic (exact) mass is 364 g/mol. The Morgan fingerprint density at radius 1 is 1.25 bits per heavy atom. The fourth-order valence-electron chi connectivity index (χ4n) is 1.98. The van der Waals surface area contributed by atoms with Gasteiger partial charge in [-0.05, 0) is 47.5 Å². The molecule has 0 aliphatic carbocycles. The number of benzene rings is 1. The fraction of sp³-hybridized carbons (Fsp3) is 0.588. The van der Waals surface area contributed by atoms with Crippen LogP contribution < -0.4 is 0 Å². The number of nitrogens with zero attached hydrogens (tertiary/aromatic N) is 4. The summed E-state index contributed by atoms with van der Waals surface area (Å²) in [7, 11) is -1.72. The summed E-state index contributed by atoms with van der Waals surface area (Å²) in [6.07, 6.45) is 1.47. The number of aromatic nitrogens is 4. The standard InChI is InChI=1S/C17H28N4OSSi/c1-14-15(12-22-24(5,6)17(2,3)4)8-7-9-16(14)23-11-10-21-19-13-18-20-21/h7-9,13H,10-12H2,1-6H3. The number of rotatable bonds is 7. The number of thioether (sulfide) groups is 1.